The summed E-state index contributed by atoms with van der Waals surface area (Å²) in [5.74, 6) is 0.502. The van der Waals surface area contributed by atoms with Gasteiger partial charge in [-0.2, -0.15) is 5.26 Å². The molecule has 3 aromatic rings. The third kappa shape index (κ3) is 4.72. The molecule has 0 aliphatic rings. The van der Waals surface area contributed by atoms with Crippen molar-refractivity contribution in [3.63, 3.8) is 0 Å². The van der Waals surface area contributed by atoms with Crippen LogP contribution in [0.5, 0.6) is 11.6 Å². The molecule has 0 atom stereocenters. The van der Waals surface area contributed by atoms with E-state index in [1.807, 2.05) is 32.9 Å². The molecule has 0 radical (unpaired) electrons. The van der Waals surface area contributed by atoms with Crippen molar-refractivity contribution in [2.24, 2.45) is 0 Å². The van der Waals surface area contributed by atoms with Crippen molar-refractivity contribution in [3.8, 4) is 29.0 Å². The van der Waals surface area contributed by atoms with Crippen LogP contribution in [0.25, 0.3) is 11.3 Å². The van der Waals surface area contributed by atoms with E-state index in [0.29, 0.717) is 28.3 Å². The third-order valence-corrected chi connectivity index (χ3v) is 5.61. The maximum atomic E-state index is 12.1. The van der Waals surface area contributed by atoms with E-state index in [0.717, 1.165) is 11.3 Å². The van der Waals surface area contributed by atoms with Crippen molar-refractivity contribution in [1.29, 1.82) is 5.26 Å². The molecule has 0 aliphatic carbocycles. The van der Waals surface area contributed by atoms with Crippen molar-refractivity contribution in [2.45, 2.75) is 27.7 Å². The van der Waals surface area contributed by atoms with Crippen molar-refractivity contribution < 1.29 is 13.2 Å². The first kappa shape index (κ1) is 21.2. The number of nitriles is 1. The highest BCUT2D eigenvalue weighted by Gasteiger charge is 2.17. The van der Waals surface area contributed by atoms with Gasteiger partial charge in [-0.3, -0.25) is 14.7 Å². The minimum absolute atomic E-state index is 0.0868. The normalized spacial score (nSPS) is 11.0. The van der Waals surface area contributed by atoms with E-state index >= 15 is 0 Å². The van der Waals surface area contributed by atoms with Gasteiger partial charge in [-0.1, -0.05) is 0 Å². The number of hydrogen-bond donors (Lipinski definition) is 1. The van der Waals surface area contributed by atoms with Gasteiger partial charge in [0.2, 0.25) is 15.9 Å². The van der Waals surface area contributed by atoms with E-state index < -0.39 is 10.0 Å². The highest BCUT2D eigenvalue weighted by Crippen LogP contribution is 2.34. The summed E-state index contributed by atoms with van der Waals surface area (Å²) < 4.78 is 32.8. The molecule has 8 nitrogen and oxygen atoms in total. The molecule has 0 fully saturated rings. The minimum atomic E-state index is -3.54. The van der Waals surface area contributed by atoms with Crippen molar-refractivity contribution in [3.05, 3.63) is 59.2 Å². The van der Waals surface area contributed by atoms with Crippen LogP contribution in [0.3, 0.4) is 0 Å². The summed E-state index contributed by atoms with van der Waals surface area (Å²) in [6.07, 6.45) is 3.03. The fourth-order valence-corrected chi connectivity index (χ4v) is 3.54. The van der Waals surface area contributed by atoms with E-state index in [1.165, 1.54) is 6.20 Å². The third-order valence-electron chi connectivity index (χ3n) is 4.32. The second-order valence-corrected chi connectivity index (χ2v) is 8.74. The van der Waals surface area contributed by atoms with E-state index in [2.05, 4.69) is 19.7 Å². The molecule has 154 valence electrons. The lowest BCUT2D eigenvalue weighted by Crippen LogP contribution is -2.15. The molecule has 0 aliphatic heterocycles. The summed E-state index contributed by atoms with van der Waals surface area (Å²) in [7, 11) is -3.54. The topological polar surface area (TPSA) is 118 Å². The SMILES string of the molecule is CCS(=O)(=O)Nc1ccc(-c2cncc(C#N)c2)nc1Oc1c(C)cc(C)nc1C. The fourth-order valence-electron chi connectivity index (χ4n) is 2.90. The van der Waals surface area contributed by atoms with Crippen molar-refractivity contribution in [1.82, 2.24) is 15.0 Å². The zero-order valence-electron chi connectivity index (χ0n) is 17.1. The maximum absolute atomic E-state index is 12.1. The molecular formula is C21H21N5O3S. The Balaban J connectivity index is 2.12. The summed E-state index contributed by atoms with van der Waals surface area (Å²) in [5.41, 5.74) is 4.07. The summed E-state index contributed by atoms with van der Waals surface area (Å²) in [4.78, 5) is 13.0. The molecule has 9 heteroatoms. The fraction of sp³-hybridized carbons (Fsp3) is 0.238. The Hall–Kier alpha value is -3.51. The van der Waals surface area contributed by atoms with Gasteiger partial charge < -0.3 is 4.74 Å². The van der Waals surface area contributed by atoms with Gasteiger partial charge in [-0.15, -0.1) is 0 Å². The average Bonchev–Trinajstić information content (AvgIpc) is 2.71. The molecule has 0 aromatic carbocycles. The van der Waals surface area contributed by atoms with Gasteiger partial charge in [-0.25, -0.2) is 13.4 Å². The summed E-state index contributed by atoms with van der Waals surface area (Å²) in [5, 5.41) is 9.12. The summed E-state index contributed by atoms with van der Waals surface area (Å²) in [6.45, 7) is 7.13. The smallest absolute Gasteiger partial charge is 0.244 e. The van der Waals surface area contributed by atoms with Crippen LogP contribution < -0.4 is 9.46 Å². The van der Waals surface area contributed by atoms with E-state index in [-0.39, 0.29) is 17.3 Å². The first-order chi connectivity index (χ1) is 14.2. The highest BCUT2D eigenvalue weighted by atomic mass is 32.2. The first-order valence-corrected chi connectivity index (χ1v) is 10.9. The van der Waals surface area contributed by atoms with E-state index in [4.69, 9.17) is 10.00 Å². The van der Waals surface area contributed by atoms with Gasteiger partial charge in [-0.05, 0) is 57.5 Å². The van der Waals surface area contributed by atoms with Crippen LogP contribution in [0.4, 0.5) is 5.69 Å². The highest BCUT2D eigenvalue weighted by molar-refractivity contribution is 7.92. The number of aryl methyl sites for hydroxylation is 3. The van der Waals surface area contributed by atoms with Gasteiger partial charge in [0.25, 0.3) is 0 Å². The van der Waals surface area contributed by atoms with E-state index in [9.17, 15) is 8.42 Å². The summed E-state index contributed by atoms with van der Waals surface area (Å²) >= 11 is 0. The molecule has 3 aromatic heterocycles. The largest absolute Gasteiger partial charge is 0.435 e. The quantitative estimate of drug-likeness (QED) is 0.639. The van der Waals surface area contributed by atoms with Gasteiger partial charge in [0.15, 0.2) is 5.75 Å². The van der Waals surface area contributed by atoms with Gasteiger partial charge >= 0.3 is 0 Å². The Morgan fingerprint density at radius 1 is 1.13 bits per heavy atom. The lowest BCUT2D eigenvalue weighted by atomic mass is 10.1. The second-order valence-electron chi connectivity index (χ2n) is 6.73. The van der Waals surface area contributed by atoms with Crippen LogP contribution >= 0.6 is 0 Å². The standard InChI is InChI=1S/C21H21N5O3S/c1-5-30(27,28)26-19-7-6-18(17-9-16(10-22)11-23-12-17)25-21(19)29-20-13(2)8-14(3)24-15(20)4/h6-9,11-12,26H,5H2,1-4H3. The van der Waals surface area contributed by atoms with Crippen LogP contribution in [-0.4, -0.2) is 29.1 Å². The van der Waals surface area contributed by atoms with Crippen LogP contribution in [0.1, 0.15) is 29.4 Å². The number of ether oxygens (including phenoxy) is 1. The minimum Gasteiger partial charge on any atom is -0.435 e. The Morgan fingerprint density at radius 2 is 1.90 bits per heavy atom. The molecule has 0 saturated heterocycles. The summed E-state index contributed by atoms with van der Waals surface area (Å²) in [6, 6.07) is 8.79. The molecular weight excluding hydrogens is 402 g/mol. The van der Waals surface area contributed by atoms with Crippen molar-refractivity contribution >= 4 is 15.7 Å². The zero-order valence-corrected chi connectivity index (χ0v) is 17.9. The van der Waals surface area contributed by atoms with E-state index in [1.54, 1.807) is 31.3 Å². The molecule has 0 saturated carbocycles. The Labute approximate surface area is 175 Å². The predicted molar refractivity (Wildman–Crippen MR) is 114 cm³/mol. The molecule has 3 rings (SSSR count). The monoisotopic (exact) mass is 423 g/mol. The van der Waals surface area contributed by atoms with Crippen LogP contribution in [0.2, 0.25) is 0 Å². The van der Waals surface area contributed by atoms with Crippen LogP contribution in [0, 0.1) is 32.1 Å². The molecule has 1 N–H and O–H groups in total. The number of nitrogens with one attached hydrogen (secondary N) is 1. The van der Waals surface area contributed by atoms with Gasteiger partial charge in [0.05, 0.1) is 22.7 Å². The van der Waals surface area contributed by atoms with Gasteiger partial charge in [0, 0.05) is 23.7 Å². The molecule has 0 unspecified atom stereocenters. The Morgan fingerprint density at radius 3 is 2.57 bits per heavy atom. The number of pyridine rings is 3. The molecule has 30 heavy (non-hydrogen) atoms. The van der Waals surface area contributed by atoms with Crippen LogP contribution in [0.15, 0.2) is 36.7 Å². The number of anilines is 1. The van der Waals surface area contributed by atoms with Crippen molar-refractivity contribution in [2.75, 3.05) is 10.5 Å². The first-order valence-electron chi connectivity index (χ1n) is 9.22. The number of rotatable bonds is 6. The Kier molecular flexibility index (Phi) is 5.99. The zero-order chi connectivity index (χ0) is 21.9. The average molecular weight is 423 g/mol. The predicted octanol–water partition coefficient (Wildman–Crippen LogP) is 3.89. The molecule has 3 heterocycles. The van der Waals surface area contributed by atoms with Gasteiger partial charge in [0.1, 0.15) is 11.8 Å². The number of nitrogens with zero attached hydrogens (tertiary/aromatic N) is 4. The number of hydrogen-bond acceptors (Lipinski definition) is 7. The lowest BCUT2D eigenvalue weighted by Gasteiger charge is -2.16. The lowest BCUT2D eigenvalue weighted by molar-refractivity contribution is 0.455. The molecule has 0 bridgehead atoms. The number of aromatic nitrogens is 3. The molecule has 0 spiro atoms. The molecule has 0 amide bonds. The Bertz CT molecular complexity index is 1230. The number of sulfonamides is 1. The second kappa shape index (κ2) is 8.47. The maximum Gasteiger partial charge on any atom is 0.244 e. The van der Waals surface area contributed by atoms with Crippen LogP contribution in [-0.2, 0) is 10.0 Å².